The summed E-state index contributed by atoms with van der Waals surface area (Å²) < 4.78 is 43.0. The summed E-state index contributed by atoms with van der Waals surface area (Å²) in [5.41, 5.74) is 8.51. The second kappa shape index (κ2) is 10.7. The van der Waals surface area contributed by atoms with E-state index in [1.807, 2.05) is 30.3 Å². The lowest BCUT2D eigenvalue weighted by Crippen LogP contribution is -2.24. The van der Waals surface area contributed by atoms with Crippen LogP contribution in [0.2, 0.25) is 0 Å². The molecule has 0 aliphatic rings. The molecular weight excluding hydrogens is 527 g/mol. The first-order valence-electron chi connectivity index (χ1n) is 11.9. The van der Waals surface area contributed by atoms with Crippen LogP contribution in [0.15, 0.2) is 78.3 Å². The lowest BCUT2D eigenvalue weighted by Gasteiger charge is -2.14. The number of alkyl halides is 3. The number of ether oxygens (including phenoxy) is 1. The molecule has 0 bridgehead atoms. The quantitative estimate of drug-likeness (QED) is 0.146. The van der Waals surface area contributed by atoms with E-state index in [2.05, 4.69) is 49.4 Å². The van der Waals surface area contributed by atoms with Crippen molar-refractivity contribution in [3.63, 3.8) is 0 Å². The van der Waals surface area contributed by atoms with Crippen molar-refractivity contribution in [1.82, 2.24) is 24.9 Å². The Kier molecular flexibility index (Phi) is 7.11. The number of fused-ring (bicyclic) bond motifs is 3. The Morgan fingerprint density at radius 2 is 1.79 bits per heavy atom. The molecule has 12 heteroatoms. The summed E-state index contributed by atoms with van der Waals surface area (Å²) in [4.78, 5) is 13.6. The smallest absolute Gasteiger partial charge is 0.406 e. The number of benzene rings is 3. The van der Waals surface area contributed by atoms with Gasteiger partial charge in [-0.15, -0.1) is 13.2 Å². The van der Waals surface area contributed by atoms with Gasteiger partial charge < -0.3 is 10.1 Å². The molecule has 0 spiro atoms. The van der Waals surface area contributed by atoms with Gasteiger partial charge in [0.25, 0.3) is 0 Å². The van der Waals surface area contributed by atoms with Gasteiger partial charge >= 0.3 is 6.36 Å². The van der Waals surface area contributed by atoms with Gasteiger partial charge in [-0.05, 0) is 66.2 Å². The van der Waals surface area contributed by atoms with Gasteiger partial charge in [0.05, 0.1) is 23.4 Å². The van der Waals surface area contributed by atoms with E-state index in [0.29, 0.717) is 39.0 Å². The van der Waals surface area contributed by atoms with Crippen LogP contribution in [-0.2, 0) is 0 Å². The number of aromatic nitrogens is 4. The van der Waals surface area contributed by atoms with Crippen molar-refractivity contribution in [2.75, 3.05) is 5.32 Å². The Labute approximate surface area is 226 Å². The van der Waals surface area contributed by atoms with Crippen LogP contribution in [0.1, 0.15) is 31.0 Å². The molecule has 0 unspecified atom stereocenters. The minimum absolute atomic E-state index is 0.299. The van der Waals surface area contributed by atoms with Crippen LogP contribution in [0.5, 0.6) is 5.75 Å². The summed E-state index contributed by atoms with van der Waals surface area (Å²) in [5, 5.41) is 7.68. The minimum Gasteiger partial charge on any atom is -0.406 e. The maximum atomic E-state index is 12.5. The number of halogens is 3. The Balaban J connectivity index is 1.31. The lowest BCUT2D eigenvalue weighted by molar-refractivity contribution is -0.274. The highest BCUT2D eigenvalue weighted by Crippen LogP contribution is 2.27. The molecule has 2 heterocycles. The molecular formula is C27H22F3N7OS. The molecule has 39 heavy (non-hydrogen) atoms. The largest absolute Gasteiger partial charge is 0.573 e. The summed E-state index contributed by atoms with van der Waals surface area (Å²) >= 11 is 5.36. The molecule has 2 N–H and O–H groups in total. The van der Waals surface area contributed by atoms with Crippen LogP contribution in [0.25, 0.3) is 27.8 Å². The first-order valence-corrected chi connectivity index (χ1v) is 12.3. The maximum Gasteiger partial charge on any atom is 0.573 e. The van der Waals surface area contributed by atoms with Gasteiger partial charge in [0, 0.05) is 11.4 Å². The molecule has 0 radical (unpaired) electrons. The first-order chi connectivity index (χ1) is 18.7. The highest BCUT2D eigenvalue weighted by atomic mass is 32.1. The van der Waals surface area contributed by atoms with Crippen molar-refractivity contribution in [2.24, 2.45) is 5.10 Å². The fourth-order valence-electron chi connectivity index (χ4n) is 4.07. The molecule has 198 valence electrons. The molecule has 0 saturated carbocycles. The number of thiocarbonyl (C=S) groups is 1. The number of rotatable bonds is 6. The van der Waals surface area contributed by atoms with Gasteiger partial charge in [0.15, 0.2) is 5.11 Å². The third-order valence-electron chi connectivity index (χ3n) is 5.79. The van der Waals surface area contributed by atoms with Crippen LogP contribution < -0.4 is 15.5 Å². The van der Waals surface area contributed by atoms with Crippen LogP contribution in [0.4, 0.5) is 18.9 Å². The standard InChI is InChI=1S/C27H22F3N7OS/c1-16(2)20-5-3-4-6-21(20)35-26(39)36-33-14-17-13-31-24-22(34-17)11-12-23-25(24)32-15-37(23)18-7-9-19(10-8-18)38-27(28,29)30/h3-16H,1-2H3,(H2,35,36,39)/b33-14+. The summed E-state index contributed by atoms with van der Waals surface area (Å²) in [7, 11) is 0. The van der Waals surface area contributed by atoms with Crippen LogP contribution in [-0.4, -0.2) is 37.2 Å². The fraction of sp³-hybridized carbons (Fsp3) is 0.148. The lowest BCUT2D eigenvalue weighted by atomic mass is 10.0. The predicted octanol–water partition coefficient (Wildman–Crippen LogP) is 6.31. The molecule has 5 rings (SSSR count). The van der Waals surface area contributed by atoms with E-state index in [9.17, 15) is 13.2 Å². The zero-order chi connectivity index (χ0) is 27.6. The number of nitrogens with one attached hydrogen (secondary N) is 2. The molecule has 2 aromatic heterocycles. The fourth-order valence-corrected chi connectivity index (χ4v) is 4.23. The average molecular weight is 550 g/mol. The Hall–Kier alpha value is -4.58. The number of hydrazone groups is 1. The molecule has 5 aromatic rings. The van der Waals surface area contributed by atoms with Crippen molar-refractivity contribution in [3.8, 4) is 11.4 Å². The topological polar surface area (TPSA) is 89.2 Å². The Bertz CT molecular complexity index is 1680. The predicted molar refractivity (Wildman–Crippen MR) is 148 cm³/mol. The van der Waals surface area contributed by atoms with E-state index in [1.54, 1.807) is 23.2 Å². The van der Waals surface area contributed by atoms with Crippen molar-refractivity contribution in [3.05, 3.63) is 84.4 Å². The van der Waals surface area contributed by atoms with Gasteiger partial charge in [-0.3, -0.25) is 9.99 Å². The monoisotopic (exact) mass is 549 g/mol. The van der Waals surface area contributed by atoms with Crippen LogP contribution >= 0.6 is 12.2 Å². The SMILES string of the molecule is CC(C)c1ccccc1NC(=S)N/N=C/c1cnc2c(ccc3c2ncn3-c2ccc(OC(F)(F)F)cc2)n1. The first kappa shape index (κ1) is 26.0. The van der Waals surface area contributed by atoms with Crippen LogP contribution in [0.3, 0.4) is 0 Å². The second-order valence-electron chi connectivity index (χ2n) is 8.82. The molecule has 3 aromatic carbocycles. The second-order valence-corrected chi connectivity index (χ2v) is 9.23. The third kappa shape index (κ3) is 5.96. The van der Waals surface area contributed by atoms with E-state index in [-0.39, 0.29) is 5.75 Å². The number of anilines is 1. The highest BCUT2D eigenvalue weighted by Gasteiger charge is 2.31. The Morgan fingerprint density at radius 3 is 2.54 bits per heavy atom. The zero-order valence-corrected chi connectivity index (χ0v) is 21.6. The summed E-state index contributed by atoms with van der Waals surface area (Å²) in [5.74, 6) is 0.0387. The number of imidazole rings is 1. The molecule has 0 aliphatic carbocycles. The third-order valence-corrected chi connectivity index (χ3v) is 5.98. The number of hydrogen-bond donors (Lipinski definition) is 2. The zero-order valence-electron chi connectivity index (χ0n) is 20.8. The van der Waals surface area contributed by atoms with E-state index < -0.39 is 6.36 Å². The van der Waals surface area contributed by atoms with E-state index in [0.717, 1.165) is 16.8 Å². The molecule has 0 fully saturated rings. The normalized spacial score (nSPS) is 11.9. The maximum absolute atomic E-state index is 12.5. The van der Waals surface area contributed by atoms with Crippen LogP contribution in [0, 0.1) is 0 Å². The van der Waals surface area contributed by atoms with E-state index >= 15 is 0 Å². The molecule has 0 amide bonds. The average Bonchev–Trinajstić information content (AvgIpc) is 3.33. The van der Waals surface area contributed by atoms with E-state index in [4.69, 9.17) is 12.2 Å². The minimum atomic E-state index is -4.75. The summed E-state index contributed by atoms with van der Waals surface area (Å²) in [6, 6.07) is 17.1. The van der Waals surface area contributed by atoms with Crippen molar-refractivity contribution in [1.29, 1.82) is 0 Å². The number of nitrogens with zero attached hydrogens (tertiary/aromatic N) is 5. The van der Waals surface area contributed by atoms with Gasteiger partial charge in [-0.25, -0.2) is 15.0 Å². The van der Waals surface area contributed by atoms with Crippen molar-refractivity contribution >= 4 is 51.3 Å². The van der Waals surface area contributed by atoms with Gasteiger partial charge in [0.2, 0.25) is 0 Å². The number of para-hydroxylation sites is 1. The van der Waals surface area contributed by atoms with Gasteiger partial charge in [0.1, 0.15) is 28.8 Å². The molecule has 0 aliphatic heterocycles. The van der Waals surface area contributed by atoms with E-state index in [1.165, 1.54) is 30.5 Å². The molecule has 8 nitrogen and oxygen atoms in total. The molecule has 0 atom stereocenters. The van der Waals surface area contributed by atoms with Gasteiger partial charge in [-0.2, -0.15) is 5.10 Å². The summed E-state index contributed by atoms with van der Waals surface area (Å²) in [6.07, 6.45) is -0.0824. The highest BCUT2D eigenvalue weighted by molar-refractivity contribution is 7.80. The number of hydrogen-bond acceptors (Lipinski definition) is 6. The molecule has 0 saturated heterocycles. The van der Waals surface area contributed by atoms with Gasteiger partial charge in [-0.1, -0.05) is 32.0 Å². The summed E-state index contributed by atoms with van der Waals surface area (Å²) in [6.45, 7) is 4.22. The van der Waals surface area contributed by atoms with Crippen molar-refractivity contribution in [2.45, 2.75) is 26.1 Å². The van der Waals surface area contributed by atoms with Crippen molar-refractivity contribution < 1.29 is 17.9 Å². The Morgan fingerprint density at radius 1 is 1.03 bits per heavy atom.